The summed E-state index contributed by atoms with van der Waals surface area (Å²) in [5.74, 6) is 0.261. The van der Waals surface area contributed by atoms with Gasteiger partial charge in [0, 0.05) is 5.69 Å². The Balaban J connectivity index is 1.65. The van der Waals surface area contributed by atoms with Crippen molar-refractivity contribution in [1.29, 1.82) is 0 Å². The van der Waals surface area contributed by atoms with Crippen LogP contribution in [0.25, 0.3) is 6.08 Å². The van der Waals surface area contributed by atoms with E-state index in [4.69, 9.17) is 16.3 Å². The third-order valence-corrected chi connectivity index (χ3v) is 7.17. The number of methoxy groups -OCH3 is 1. The van der Waals surface area contributed by atoms with Crippen LogP contribution in [0.5, 0.6) is 5.75 Å². The second-order valence-corrected chi connectivity index (χ2v) is 9.62. The predicted molar refractivity (Wildman–Crippen MR) is 143 cm³/mol. The van der Waals surface area contributed by atoms with E-state index in [1.165, 1.54) is 11.3 Å². The zero-order valence-corrected chi connectivity index (χ0v) is 21.1. The van der Waals surface area contributed by atoms with Crippen LogP contribution in [0.2, 0.25) is 5.02 Å². The average molecular weight is 516 g/mol. The van der Waals surface area contributed by atoms with Crippen LogP contribution in [0.3, 0.4) is 0 Å². The Morgan fingerprint density at radius 1 is 1.08 bits per heavy atom. The molecule has 0 aliphatic carbocycles. The van der Waals surface area contributed by atoms with Gasteiger partial charge in [-0.3, -0.25) is 14.2 Å². The van der Waals surface area contributed by atoms with Crippen molar-refractivity contribution >= 4 is 40.6 Å². The molecule has 3 aromatic carbocycles. The van der Waals surface area contributed by atoms with Crippen LogP contribution in [-0.4, -0.2) is 17.6 Å². The van der Waals surface area contributed by atoms with Crippen molar-refractivity contribution in [2.75, 3.05) is 12.4 Å². The summed E-state index contributed by atoms with van der Waals surface area (Å²) < 4.78 is 7.32. The van der Waals surface area contributed by atoms with Crippen LogP contribution in [0.15, 0.2) is 99.9 Å². The van der Waals surface area contributed by atoms with Gasteiger partial charge < -0.3 is 10.1 Å². The minimum absolute atomic E-state index is 0.225. The van der Waals surface area contributed by atoms with Crippen molar-refractivity contribution < 1.29 is 9.53 Å². The van der Waals surface area contributed by atoms with Gasteiger partial charge in [-0.05, 0) is 48.4 Å². The monoisotopic (exact) mass is 515 g/mol. The van der Waals surface area contributed by atoms with Gasteiger partial charge in [-0.25, -0.2) is 4.99 Å². The molecule has 4 aromatic rings. The number of nitrogens with one attached hydrogen (secondary N) is 1. The number of ether oxygens (including phenoxy) is 1. The molecule has 1 aliphatic rings. The van der Waals surface area contributed by atoms with Gasteiger partial charge in [-0.2, -0.15) is 0 Å². The Morgan fingerprint density at radius 3 is 2.44 bits per heavy atom. The molecule has 0 saturated heterocycles. The van der Waals surface area contributed by atoms with Crippen molar-refractivity contribution in [3.63, 3.8) is 0 Å². The quantitative estimate of drug-likeness (QED) is 0.424. The number of hydrogen-bond donors (Lipinski definition) is 1. The highest BCUT2D eigenvalue weighted by atomic mass is 35.5. The molecule has 1 atom stereocenters. The summed E-state index contributed by atoms with van der Waals surface area (Å²) in [6.07, 6.45) is 1.78. The molecule has 0 spiro atoms. The van der Waals surface area contributed by atoms with Crippen LogP contribution in [-0.2, 0) is 4.79 Å². The minimum atomic E-state index is -0.618. The summed E-state index contributed by atoms with van der Waals surface area (Å²) in [6, 6.07) is 23.5. The minimum Gasteiger partial charge on any atom is -0.495 e. The number of anilines is 1. The molecule has 1 aromatic heterocycles. The molecule has 0 fully saturated rings. The highest BCUT2D eigenvalue weighted by Gasteiger charge is 2.32. The molecular formula is C28H22ClN3O3S. The van der Waals surface area contributed by atoms with Crippen molar-refractivity contribution in [2.24, 2.45) is 4.99 Å². The lowest BCUT2D eigenvalue weighted by Crippen LogP contribution is -2.40. The Hall–Kier alpha value is -3.94. The van der Waals surface area contributed by atoms with Gasteiger partial charge in [0.05, 0.1) is 34.0 Å². The molecule has 1 N–H and O–H groups in total. The molecule has 1 aliphatic heterocycles. The number of hydrogen-bond acceptors (Lipinski definition) is 5. The molecule has 8 heteroatoms. The number of para-hydroxylation sites is 1. The third-order valence-electron chi connectivity index (χ3n) is 5.89. The van der Waals surface area contributed by atoms with E-state index >= 15 is 0 Å². The van der Waals surface area contributed by atoms with Crippen molar-refractivity contribution in [1.82, 2.24) is 4.57 Å². The van der Waals surface area contributed by atoms with Crippen molar-refractivity contribution in [3.8, 4) is 5.75 Å². The van der Waals surface area contributed by atoms with E-state index in [0.29, 0.717) is 37.1 Å². The van der Waals surface area contributed by atoms with Gasteiger partial charge in [-0.1, -0.05) is 77.5 Å². The van der Waals surface area contributed by atoms with E-state index in [-0.39, 0.29) is 11.5 Å². The Labute approximate surface area is 216 Å². The molecule has 5 rings (SSSR count). The molecule has 1 amide bonds. The largest absolute Gasteiger partial charge is 0.495 e. The second-order valence-electron chi connectivity index (χ2n) is 8.21. The summed E-state index contributed by atoms with van der Waals surface area (Å²) >= 11 is 7.57. The van der Waals surface area contributed by atoms with Crippen molar-refractivity contribution in [3.05, 3.63) is 126 Å². The summed E-state index contributed by atoms with van der Waals surface area (Å²) in [5, 5.41) is 3.41. The molecule has 2 heterocycles. The fraction of sp³-hybridized carbons (Fsp3) is 0.107. The highest BCUT2D eigenvalue weighted by molar-refractivity contribution is 7.07. The molecule has 6 nitrogen and oxygen atoms in total. The number of halogens is 1. The maximum Gasteiger partial charge on any atom is 0.271 e. The van der Waals surface area contributed by atoms with Gasteiger partial charge >= 0.3 is 0 Å². The molecular weight excluding hydrogens is 494 g/mol. The van der Waals surface area contributed by atoms with E-state index < -0.39 is 6.04 Å². The summed E-state index contributed by atoms with van der Waals surface area (Å²) in [6.45, 7) is 1.80. The van der Waals surface area contributed by atoms with E-state index in [0.717, 1.165) is 11.1 Å². The maximum atomic E-state index is 13.7. The topological polar surface area (TPSA) is 72.7 Å². The molecule has 0 saturated carbocycles. The maximum absolute atomic E-state index is 13.7. The van der Waals surface area contributed by atoms with E-state index in [1.807, 2.05) is 66.7 Å². The number of amides is 1. The SMILES string of the molecule is COc1ccc(/C=c2/sc3n(c2=O)[C@@H](c2ccccc2)C(C(=O)Nc2ccccc2)=C(C)N=3)cc1Cl. The summed E-state index contributed by atoms with van der Waals surface area (Å²) in [7, 11) is 1.55. The lowest BCUT2D eigenvalue weighted by atomic mass is 9.95. The van der Waals surface area contributed by atoms with Crippen molar-refractivity contribution in [2.45, 2.75) is 13.0 Å². The molecule has 0 bridgehead atoms. The molecule has 180 valence electrons. The lowest BCUT2D eigenvalue weighted by molar-refractivity contribution is -0.113. The lowest BCUT2D eigenvalue weighted by Gasteiger charge is -2.25. The first-order chi connectivity index (χ1) is 17.5. The first-order valence-electron chi connectivity index (χ1n) is 11.2. The number of nitrogens with zero attached hydrogens (tertiary/aromatic N) is 2. The Morgan fingerprint density at radius 2 is 1.78 bits per heavy atom. The van der Waals surface area contributed by atoms with Crippen LogP contribution >= 0.6 is 22.9 Å². The van der Waals surface area contributed by atoms with E-state index in [2.05, 4.69) is 10.3 Å². The van der Waals surface area contributed by atoms with Crippen LogP contribution < -0.4 is 24.9 Å². The molecule has 36 heavy (non-hydrogen) atoms. The first kappa shape index (κ1) is 23.8. The number of fused-ring (bicyclic) bond motifs is 1. The summed E-state index contributed by atoms with van der Waals surface area (Å²) in [4.78, 5) is 32.4. The van der Waals surface area contributed by atoms with Gasteiger partial charge in [0.2, 0.25) is 0 Å². The molecule has 0 radical (unpaired) electrons. The van der Waals surface area contributed by atoms with Crippen LogP contribution in [0.1, 0.15) is 24.1 Å². The fourth-order valence-corrected chi connectivity index (χ4v) is 5.52. The Kier molecular flexibility index (Phi) is 6.59. The number of thiazole rings is 1. The number of rotatable bonds is 5. The third kappa shape index (κ3) is 4.51. The zero-order valence-electron chi connectivity index (χ0n) is 19.6. The van der Waals surface area contributed by atoms with Gasteiger partial charge in [0.1, 0.15) is 5.75 Å². The van der Waals surface area contributed by atoms with E-state index in [9.17, 15) is 9.59 Å². The standard InChI is InChI=1S/C28H22ClN3O3S/c1-17-24(26(33)31-20-11-7-4-8-12-20)25(19-9-5-3-6-10-19)32-27(34)23(36-28(32)30-17)16-18-13-14-22(35-2)21(29)15-18/h3-16,25H,1-2H3,(H,31,33)/b23-16+/t25-/m0/s1. The Bertz CT molecular complexity index is 1660. The van der Waals surface area contributed by atoms with Gasteiger partial charge in [-0.15, -0.1) is 0 Å². The summed E-state index contributed by atoms with van der Waals surface area (Å²) in [5.41, 5.74) is 3.03. The normalized spacial score (nSPS) is 15.3. The van der Waals surface area contributed by atoms with Crippen LogP contribution in [0.4, 0.5) is 5.69 Å². The van der Waals surface area contributed by atoms with Gasteiger partial charge in [0.25, 0.3) is 11.5 Å². The number of carbonyl (C=O) groups is 1. The predicted octanol–water partition coefficient (Wildman–Crippen LogP) is 4.54. The van der Waals surface area contributed by atoms with E-state index in [1.54, 1.807) is 36.8 Å². The zero-order chi connectivity index (χ0) is 25.2. The highest BCUT2D eigenvalue weighted by Crippen LogP contribution is 2.30. The van der Waals surface area contributed by atoms with Crippen LogP contribution in [0, 0.1) is 0 Å². The average Bonchev–Trinajstić information content (AvgIpc) is 3.18. The first-order valence-corrected chi connectivity index (χ1v) is 12.4. The number of allylic oxidation sites excluding steroid dienone is 1. The molecule has 0 unspecified atom stereocenters. The van der Waals surface area contributed by atoms with Gasteiger partial charge in [0.15, 0.2) is 4.80 Å². The second kappa shape index (κ2) is 9.97. The smallest absolute Gasteiger partial charge is 0.271 e. The number of aromatic nitrogens is 1. The number of carbonyl (C=O) groups excluding carboxylic acids is 1. The number of benzene rings is 3. The fourth-order valence-electron chi connectivity index (χ4n) is 4.21.